The Morgan fingerprint density at radius 2 is 1.71 bits per heavy atom. The van der Waals surface area contributed by atoms with E-state index < -0.39 is 0 Å². The fourth-order valence-electron chi connectivity index (χ4n) is 1.87. The fraction of sp³-hybridized carbons (Fsp3) is 0.438. The number of rotatable bonds is 1. The largest absolute Gasteiger partial charge is 0.264 e. The van der Waals surface area contributed by atoms with E-state index in [0.29, 0.717) is 5.92 Å². The van der Waals surface area contributed by atoms with Gasteiger partial charge < -0.3 is 0 Å². The molecular weight excluding hydrogens is 206 g/mol. The van der Waals surface area contributed by atoms with Crippen LogP contribution in [-0.2, 0) is 0 Å². The van der Waals surface area contributed by atoms with Crippen LogP contribution >= 0.6 is 0 Å². The minimum Gasteiger partial charge on any atom is -0.264 e. The van der Waals surface area contributed by atoms with Gasteiger partial charge in [0.05, 0.1) is 0 Å². The van der Waals surface area contributed by atoms with Crippen molar-refractivity contribution in [3.05, 3.63) is 41.7 Å². The summed E-state index contributed by atoms with van der Waals surface area (Å²) in [5.74, 6) is 0.558. The van der Waals surface area contributed by atoms with Crippen LogP contribution in [0.25, 0.3) is 10.8 Å². The van der Waals surface area contributed by atoms with E-state index >= 15 is 0 Å². The minimum absolute atomic E-state index is 0.558. The number of benzene rings is 1. The summed E-state index contributed by atoms with van der Waals surface area (Å²) in [7, 11) is 0. The molecule has 17 heavy (non-hydrogen) atoms. The summed E-state index contributed by atoms with van der Waals surface area (Å²) in [6, 6.07) is 6.50. The quantitative estimate of drug-likeness (QED) is 0.664. The van der Waals surface area contributed by atoms with Crippen LogP contribution in [0.3, 0.4) is 0 Å². The summed E-state index contributed by atoms with van der Waals surface area (Å²) >= 11 is 0. The highest BCUT2D eigenvalue weighted by Crippen LogP contribution is 2.26. The summed E-state index contributed by atoms with van der Waals surface area (Å²) in [5, 5.41) is 2.62. The summed E-state index contributed by atoms with van der Waals surface area (Å²) < 4.78 is 0. The molecule has 1 heteroatoms. The van der Waals surface area contributed by atoms with E-state index in [2.05, 4.69) is 57.8 Å². The SMILES string of the molecule is CCC.Cc1ccc(C(C)C)c2cnccc12. The van der Waals surface area contributed by atoms with Gasteiger partial charge in [-0.25, -0.2) is 0 Å². The maximum Gasteiger partial charge on any atom is 0.0349 e. The third-order valence-corrected chi connectivity index (χ3v) is 2.69. The van der Waals surface area contributed by atoms with Gasteiger partial charge in [-0.1, -0.05) is 46.2 Å². The van der Waals surface area contributed by atoms with Gasteiger partial charge in [0.1, 0.15) is 0 Å². The summed E-state index contributed by atoms with van der Waals surface area (Å²) in [6.07, 6.45) is 5.08. The lowest BCUT2D eigenvalue weighted by Crippen LogP contribution is -1.91. The van der Waals surface area contributed by atoms with Crippen LogP contribution in [0.15, 0.2) is 30.6 Å². The molecule has 0 spiro atoms. The molecule has 92 valence electrons. The zero-order valence-electron chi connectivity index (χ0n) is 11.6. The molecule has 0 saturated carbocycles. The molecule has 2 rings (SSSR count). The topological polar surface area (TPSA) is 12.9 Å². The Bertz CT molecular complexity index is 472. The zero-order valence-corrected chi connectivity index (χ0v) is 11.6. The summed E-state index contributed by atoms with van der Waals surface area (Å²) in [5.41, 5.74) is 2.71. The molecule has 0 saturated heterocycles. The molecule has 1 nitrogen and oxygen atoms in total. The van der Waals surface area contributed by atoms with E-state index in [0.717, 1.165) is 0 Å². The second kappa shape index (κ2) is 6.39. The van der Waals surface area contributed by atoms with Crippen LogP contribution in [0.5, 0.6) is 0 Å². The monoisotopic (exact) mass is 229 g/mol. The number of fused-ring (bicyclic) bond motifs is 1. The van der Waals surface area contributed by atoms with Crippen molar-refractivity contribution in [2.24, 2.45) is 0 Å². The second-order valence-corrected chi connectivity index (χ2v) is 4.75. The first-order valence-electron chi connectivity index (χ1n) is 6.45. The minimum atomic E-state index is 0.558. The number of aromatic nitrogens is 1. The van der Waals surface area contributed by atoms with Crippen LogP contribution in [0, 0.1) is 6.92 Å². The molecule has 0 atom stereocenters. The van der Waals surface area contributed by atoms with Crippen LogP contribution in [0.4, 0.5) is 0 Å². The van der Waals surface area contributed by atoms with Gasteiger partial charge in [0.15, 0.2) is 0 Å². The van der Waals surface area contributed by atoms with Crippen molar-refractivity contribution in [2.75, 3.05) is 0 Å². The van der Waals surface area contributed by atoms with Crippen LogP contribution < -0.4 is 0 Å². The molecule has 1 heterocycles. The lowest BCUT2D eigenvalue weighted by Gasteiger charge is -2.10. The molecule has 0 radical (unpaired) electrons. The molecule has 0 aliphatic carbocycles. The lowest BCUT2D eigenvalue weighted by molar-refractivity contribution is 0.875. The number of hydrogen-bond donors (Lipinski definition) is 0. The van der Waals surface area contributed by atoms with Crippen molar-refractivity contribution < 1.29 is 0 Å². The van der Waals surface area contributed by atoms with Gasteiger partial charge in [0.25, 0.3) is 0 Å². The fourth-order valence-corrected chi connectivity index (χ4v) is 1.87. The average Bonchev–Trinajstić information content (AvgIpc) is 2.30. The van der Waals surface area contributed by atoms with E-state index in [1.165, 1.54) is 28.3 Å². The van der Waals surface area contributed by atoms with Gasteiger partial charge >= 0.3 is 0 Å². The molecule has 0 aliphatic heterocycles. The van der Waals surface area contributed by atoms with E-state index in [1.807, 2.05) is 12.4 Å². The lowest BCUT2D eigenvalue weighted by atomic mass is 9.95. The Balaban J connectivity index is 0.000000437. The van der Waals surface area contributed by atoms with Crippen molar-refractivity contribution >= 4 is 10.8 Å². The molecule has 0 unspecified atom stereocenters. The molecule has 0 N–H and O–H groups in total. The van der Waals surface area contributed by atoms with E-state index in [-0.39, 0.29) is 0 Å². The average molecular weight is 229 g/mol. The molecule has 0 bridgehead atoms. The van der Waals surface area contributed by atoms with Gasteiger partial charge in [-0.2, -0.15) is 0 Å². The van der Waals surface area contributed by atoms with Crippen molar-refractivity contribution in [1.29, 1.82) is 0 Å². The third-order valence-electron chi connectivity index (χ3n) is 2.69. The van der Waals surface area contributed by atoms with Crippen molar-refractivity contribution in [1.82, 2.24) is 4.98 Å². The van der Waals surface area contributed by atoms with Crippen LogP contribution in [0.2, 0.25) is 0 Å². The number of hydrogen-bond acceptors (Lipinski definition) is 1. The smallest absolute Gasteiger partial charge is 0.0349 e. The first kappa shape index (κ1) is 13.7. The normalized spacial score (nSPS) is 10.2. The standard InChI is InChI=1S/C13H15N.C3H8/c1-9(2)11-5-4-10(3)12-6-7-14-8-13(11)12;1-3-2/h4-9H,1-3H3;3H2,1-2H3. The Hall–Kier alpha value is -1.37. The predicted molar refractivity (Wildman–Crippen MR) is 76.5 cm³/mol. The van der Waals surface area contributed by atoms with E-state index in [9.17, 15) is 0 Å². The zero-order chi connectivity index (χ0) is 12.8. The molecule has 0 aliphatic rings. The maximum absolute atomic E-state index is 4.20. The predicted octanol–water partition coefficient (Wildman–Crippen LogP) is 5.08. The Labute approximate surface area is 105 Å². The molecule has 2 aromatic rings. The number of pyridine rings is 1. The van der Waals surface area contributed by atoms with Crippen LogP contribution in [-0.4, -0.2) is 4.98 Å². The molecular formula is C16H23N. The maximum atomic E-state index is 4.20. The highest BCUT2D eigenvalue weighted by molar-refractivity contribution is 5.88. The summed E-state index contributed by atoms with van der Waals surface area (Å²) in [6.45, 7) is 10.8. The first-order valence-corrected chi connectivity index (χ1v) is 6.45. The third kappa shape index (κ3) is 3.29. The first-order chi connectivity index (χ1) is 8.11. The molecule has 0 fully saturated rings. The van der Waals surface area contributed by atoms with E-state index in [4.69, 9.17) is 0 Å². The Morgan fingerprint density at radius 1 is 1.06 bits per heavy atom. The van der Waals surface area contributed by atoms with Crippen molar-refractivity contribution in [2.45, 2.75) is 47.0 Å². The molecule has 0 amide bonds. The van der Waals surface area contributed by atoms with Crippen molar-refractivity contribution in [3.63, 3.8) is 0 Å². The van der Waals surface area contributed by atoms with Gasteiger partial charge in [0, 0.05) is 17.8 Å². The van der Waals surface area contributed by atoms with Crippen LogP contribution in [0.1, 0.15) is 51.2 Å². The molecule has 1 aromatic heterocycles. The second-order valence-electron chi connectivity index (χ2n) is 4.75. The van der Waals surface area contributed by atoms with Gasteiger partial charge in [-0.3, -0.25) is 4.98 Å². The van der Waals surface area contributed by atoms with Crippen molar-refractivity contribution in [3.8, 4) is 0 Å². The highest BCUT2D eigenvalue weighted by Gasteiger charge is 2.05. The van der Waals surface area contributed by atoms with Gasteiger partial charge in [-0.05, 0) is 35.4 Å². The van der Waals surface area contributed by atoms with E-state index in [1.54, 1.807) is 0 Å². The molecule has 1 aromatic carbocycles. The number of nitrogens with zero attached hydrogens (tertiary/aromatic N) is 1. The van der Waals surface area contributed by atoms with Gasteiger partial charge in [-0.15, -0.1) is 0 Å². The van der Waals surface area contributed by atoms with Gasteiger partial charge in [0.2, 0.25) is 0 Å². The number of aryl methyl sites for hydroxylation is 1. The Kier molecular flexibility index (Phi) is 5.14. The summed E-state index contributed by atoms with van der Waals surface area (Å²) in [4.78, 5) is 4.20. The highest BCUT2D eigenvalue weighted by atomic mass is 14.6. The Morgan fingerprint density at radius 3 is 2.29 bits per heavy atom.